The topological polar surface area (TPSA) is 92.5 Å². The van der Waals surface area contributed by atoms with Gasteiger partial charge in [-0.25, -0.2) is 17.1 Å². The lowest BCUT2D eigenvalue weighted by molar-refractivity contribution is -0.114. The Morgan fingerprint density at radius 1 is 1.41 bits per heavy atom. The molecule has 0 saturated heterocycles. The average molecular weight is 331 g/mol. The van der Waals surface area contributed by atoms with E-state index in [1.807, 2.05) is 13.8 Å². The molecule has 6 nitrogen and oxygen atoms in total. The Morgan fingerprint density at radius 2 is 2.00 bits per heavy atom. The number of nitrogens with one attached hydrogen (secondary N) is 1. The van der Waals surface area contributed by atoms with Crippen LogP contribution in [0.15, 0.2) is 23.1 Å². The monoisotopic (exact) mass is 331 g/mol. The number of anilines is 1. The first kappa shape index (κ1) is 18.5. The Bertz CT molecular complexity index is 659. The number of halogens is 1. The summed E-state index contributed by atoms with van der Waals surface area (Å²) in [5.74, 6) is -1.18. The number of carbonyl (C=O) groups excluding carboxylic acids is 1. The molecule has 0 spiro atoms. The van der Waals surface area contributed by atoms with Crippen molar-refractivity contribution in [1.29, 1.82) is 0 Å². The van der Waals surface area contributed by atoms with Crippen LogP contribution in [-0.4, -0.2) is 38.8 Å². The smallest absolute Gasteiger partial charge is 0.242 e. The molecule has 0 bridgehead atoms. The molecule has 0 radical (unpaired) electrons. The van der Waals surface area contributed by atoms with E-state index in [0.29, 0.717) is 6.54 Å². The van der Waals surface area contributed by atoms with Crippen molar-refractivity contribution in [2.75, 3.05) is 25.5 Å². The second kappa shape index (κ2) is 6.72. The van der Waals surface area contributed by atoms with Crippen molar-refractivity contribution < 1.29 is 17.6 Å². The fraction of sp³-hybridized carbons (Fsp3) is 0.500. The van der Waals surface area contributed by atoms with Crippen LogP contribution in [0.2, 0.25) is 0 Å². The first-order valence-corrected chi connectivity index (χ1v) is 8.17. The minimum Gasteiger partial charge on any atom is -0.330 e. The van der Waals surface area contributed by atoms with Gasteiger partial charge in [0, 0.05) is 20.5 Å². The van der Waals surface area contributed by atoms with Crippen molar-refractivity contribution in [2.45, 2.75) is 25.7 Å². The van der Waals surface area contributed by atoms with Gasteiger partial charge in [0.2, 0.25) is 15.9 Å². The molecular weight excluding hydrogens is 309 g/mol. The fourth-order valence-corrected chi connectivity index (χ4v) is 3.27. The summed E-state index contributed by atoms with van der Waals surface area (Å²) in [6.07, 6.45) is 0. The van der Waals surface area contributed by atoms with Crippen molar-refractivity contribution in [3.8, 4) is 0 Å². The molecule has 1 aromatic carbocycles. The molecule has 0 fully saturated rings. The van der Waals surface area contributed by atoms with Crippen molar-refractivity contribution in [3.05, 3.63) is 24.0 Å². The predicted molar refractivity (Wildman–Crippen MR) is 83.4 cm³/mol. The number of nitrogens with two attached hydrogens (primary N) is 1. The number of sulfonamides is 1. The molecule has 0 saturated carbocycles. The molecule has 124 valence electrons. The van der Waals surface area contributed by atoms with E-state index in [1.165, 1.54) is 24.3 Å². The van der Waals surface area contributed by atoms with Crippen LogP contribution in [-0.2, 0) is 14.8 Å². The third-order valence-corrected chi connectivity index (χ3v) is 4.96. The maximum absolute atomic E-state index is 13.6. The van der Waals surface area contributed by atoms with E-state index in [-0.39, 0.29) is 22.5 Å². The molecular formula is C14H22FN3O3S. The van der Waals surface area contributed by atoms with Gasteiger partial charge in [-0.1, -0.05) is 13.8 Å². The molecule has 0 atom stereocenters. The maximum Gasteiger partial charge on any atom is 0.242 e. The van der Waals surface area contributed by atoms with Crippen LogP contribution in [0.1, 0.15) is 20.8 Å². The van der Waals surface area contributed by atoms with Gasteiger partial charge in [-0.3, -0.25) is 4.79 Å². The zero-order chi connectivity index (χ0) is 17.1. The molecule has 3 N–H and O–H groups in total. The summed E-state index contributed by atoms with van der Waals surface area (Å²) < 4.78 is 39.8. The summed E-state index contributed by atoms with van der Waals surface area (Å²) in [6.45, 7) is 5.47. The highest BCUT2D eigenvalue weighted by Gasteiger charge is 2.27. The lowest BCUT2D eigenvalue weighted by Crippen LogP contribution is -2.39. The Kier molecular flexibility index (Phi) is 5.66. The molecule has 8 heteroatoms. The zero-order valence-corrected chi connectivity index (χ0v) is 14.0. The standard InChI is InChI=1S/C14H22FN3O3S/c1-10(19)17-13-7-11(5-6-12(13)15)22(20,21)18(4)9-14(2,3)8-16/h5-7H,8-9,16H2,1-4H3,(H,17,19). The van der Waals surface area contributed by atoms with Crippen LogP contribution in [0.5, 0.6) is 0 Å². The van der Waals surface area contributed by atoms with Crippen LogP contribution >= 0.6 is 0 Å². The molecule has 0 aromatic heterocycles. The van der Waals surface area contributed by atoms with Gasteiger partial charge in [0.25, 0.3) is 0 Å². The summed E-state index contributed by atoms with van der Waals surface area (Å²) >= 11 is 0. The number of carbonyl (C=O) groups is 1. The molecule has 0 heterocycles. The summed E-state index contributed by atoms with van der Waals surface area (Å²) in [4.78, 5) is 10.9. The molecule has 0 aliphatic heterocycles. The maximum atomic E-state index is 13.6. The van der Waals surface area contributed by atoms with E-state index >= 15 is 0 Å². The molecule has 0 unspecified atom stereocenters. The molecule has 0 aliphatic carbocycles. The van der Waals surface area contributed by atoms with Gasteiger partial charge in [0.15, 0.2) is 0 Å². The number of rotatable bonds is 6. The van der Waals surface area contributed by atoms with Crippen LogP contribution in [0.4, 0.5) is 10.1 Å². The summed E-state index contributed by atoms with van der Waals surface area (Å²) in [6, 6.07) is 3.29. The molecule has 22 heavy (non-hydrogen) atoms. The van der Waals surface area contributed by atoms with Gasteiger partial charge in [-0.05, 0) is 30.2 Å². The first-order chi connectivity index (χ1) is 9.99. The second-order valence-corrected chi connectivity index (χ2v) is 8.00. The van der Waals surface area contributed by atoms with E-state index < -0.39 is 21.7 Å². The molecule has 0 aliphatic rings. The second-order valence-electron chi connectivity index (χ2n) is 5.95. The molecule has 1 rings (SSSR count). The van der Waals surface area contributed by atoms with E-state index in [2.05, 4.69) is 5.32 Å². The van der Waals surface area contributed by atoms with Crippen LogP contribution < -0.4 is 11.1 Å². The third kappa shape index (κ3) is 4.49. The average Bonchev–Trinajstić information content (AvgIpc) is 2.40. The van der Waals surface area contributed by atoms with Gasteiger partial charge in [0.1, 0.15) is 5.82 Å². The Morgan fingerprint density at radius 3 is 2.50 bits per heavy atom. The number of nitrogens with zero attached hydrogens (tertiary/aromatic N) is 1. The molecule has 1 aromatic rings. The first-order valence-electron chi connectivity index (χ1n) is 6.73. The Balaban J connectivity index is 3.15. The van der Waals surface area contributed by atoms with Gasteiger partial charge in [-0.15, -0.1) is 0 Å². The lowest BCUT2D eigenvalue weighted by atomic mass is 9.94. The van der Waals surface area contributed by atoms with Gasteiger partial charge < -0.3 is 11.1 Å². The summed E-state index contributed by atoms with van der Waals surface area (Å²) in [5, 5.41) is 2.27. The van der Waals surface area contributed by atoms with Gasteiger partial charge in [-0.2, -0.15) is 0 Å². The quantitative estimate of drug-likeness (QED) is 0.824. The largest absolute Gasteiger partial charge is 0.330 e. The van der Waals surface area contributed by atoms with Crippen LogP contribution in [0.25, 0.3) is 0 Å². The Hall–Kier alpha value is -1.51. The summed E-state index contributed by atoms with van der Waals surface area (Å²) in [5.41, 5.74) is 5.06. The minimum atomic E-state index is -3.80. The van der Waals surface area contributed by atoms with Crippen molar-refractivity contribution in [1.82, 2.24) is 4.31 Å². The molecule has 1 amide bonds. The zero-order valence-electron chi connectivity index (χ0n) is 13.2. The fourth-order valence-electron chi connectivity index (χ4n) is 1.88. The van der Waals surface area contributed by atoms with E-state index in [1.54, 1.807) is 0 Å². The Labute approximate surface area is 130 Å². The van der Waals surface area contributed by atoms with Crippen molar-refractivity contribution in [2.24, 2.45) is 11.1 Å². The minimum absolute atomic E-state index is 0.0898. The highest BCUT2D eigenvalue weighted by molar-refractivity contribution is 7.89. The van der Waals surface area contributed by atoms with Crippen LogP contribution in [0, 0.1) is 11.2 Å². The van der Waals surface area contributed by atoms with Gasteiger partial charge >= 0.3 is 0 Å². The number of amides is 1. The van der Waals surface area contributed by atoms with Crippen molar-refractivity contribution in [3.63, 3.8) is 0 Å². The highest BCUT2D eigenvalue weighted by Crippen LogP contribution is 2.24. The van der Waals surface area contributed by atoms with Crippen molar-refractivity contribution >= 4 is 21.6 Å². The third-order valence-electron chi connectivity index (χ3n) is 3.16. The normalized spacial score (nSPS) is 12.5. The lowest BCUT2D eigenvalue weighted by Gasteiger charge is -2.28. The van der Waals surface area contributed by atoms with Crippen LogP contribution in [0.3, 0.4) is 0 Å². The van der Waals surface area contributed by atoms with E-state index in [4.69, 9.17) is 5.73 Å². The SMILES string of the molecule is CC(=O)Nc1cc(S(=O)(=O)N(C)CC(C)(C)CN)ccc1F. The van der Waals surface area contributed by atoms with Gasteiger partial charge in [0.05, 0.1) is 10.6 Å². The summed E-state index contributed by atoms with van der Waals surface area (Å²) in [7, 11) is -2.36. The highest BCUT2D eigenvalue weighted by atomic mass is 32.2. The predicted octanol–water partition coefficient (Wildman–Crippen LogP) is 1.39. The number of hydrogen-bond donors (Lipinski definition) is 2. The number of benzene rings is 1. The van der Waals surface area contributed by atoms with E-state index in [9.17, 15) is 17.6 Å². The van der Waals surface area contributed by atoms with E-state index in [0.717, 1.165) is 12.1 Å². The number of hydrogen-bond acceptors (Lipinski definition) is 4.